The number of furan rings is 1. The SMILES string of the molecule is CCP(=O)(CC)c1cccc(Sc2cc(C)co2)c1. The summed E-state index contributed by atoms with van der Waals surface area (Å²) in [5, 5.41) is 1.85. The summed E-state index contributed by atoms with van der Waals surface area (Å²) in [6.45, 7) is 6.01. The fraction of sp³-hybridized carbons (Fsp3) is 0.333. The van der Waals surface area contributed by atoms with Crippen molar-refractivity contribution in [1.82, 2.24) is 0 Å². The lowest BCUT2D eigenvalue weighted by Gasteiger charge is -2.15. The molecule has 0 fully saturated rings. The lowest BCUT2D eigenvalue weighted by Crippen LogP contribution is -2.08. The molecule has 0 saturated carbocycles. The minimum absolute atomic E-state index is 0.720. The van der Waals surface area contributed by atoms with Crippen LogP contribution in [-0.2, 0) is 4.57 Å². The van der Waals surface area contributed by atoms with Gasteiger partial charge in [0, 0.05) is 22.5 Å². The lowest BCUT2D eigenvalue weighted by atomic mass is 10.4. The van der Waals surface area contributed by atoms with E-state index >= 15 is 0 Å². The molecule has 0 unspecified atom stereocenters. The van der Waals surface area contributed by atoms with Crippen LogP contribution >= 0.6 is 18.9 Å². The first kappa shape index (κ1) is 14.5. The molecule has 2 aromatic rings. The van der Waals surface area contributed by atoms with Gasteiger partial charge in [0.25, 0.3) is 0 Å². The van der Waals surface area contributed by atoms with Gasteiger partial charge < -0.3 is 8.98 Å². The van der Waals surface area contributed by atoms with E-state index in [-0.39, 0.29) is 0 Å². The molecule has 0 aliphatic rings. The topological polar surface area (TPSA) is 30.2 Å². The molecular formula is C15H19O2PS. The fourth-order valence-corrected chi connectivity index (χ4v) is 4.87. The van der Waals surface area contributed by atoms with Crippen LogP contribution in [0.3, 0.4) is 0 Å². The molecule has 0 radical (unpaired) electrons. The first-order valence-corrected chi connectivity index (χ1v) is 9.38. The molecule has 2 rings (SSSR count). The Hall–Kier alpha value is -0.920. The van der Waals surface area contributed by atoms with Gasteiger partial charge in [-0.25, -0.2) is 0 Å². The first-order chi connectivity index (χ1) is 9.07. The van der Waals surface area contributed by atoms with E-state index in [4.69, 9.17) is 4.42 Å². The zero-order chi connectivity index (χ0) is 13.9. The molecular weight excluding hydrogens is 275 g/mol. The van der Waals surface area contributed by atoms with Crippen LogP contribution in [0.4, 0.5) is 0 Å². The fourth-order valence-electron chi connectivity index (χ4n) is 1.96. The molecule has 0 amide bonds. The van der Waals surface area contributed by atoms with Gasteiger partial charge in [-0.05, 0) is 30.7 Å². The van der Waals surface area contributed by atoms with E-state index in [0.29, 0.717) is 0 Å². The number of benzene rings is 1. The molecule has 1 aromatic carbocycles. The molecule has 0 atom stereocenters. The van der Waals surface area contributed by atoms with Crippen molar-refractivity contribution in [2.45, 2.75) is 30.8 Å². The van der Waals surface area contributed by atoms with Gasteiger partial charge in [0.15, 0.2) is 5.09 Å². The van der Waals surface area contributed by atoms with E-state index in [2.05, 4.69) is 0 Å². The molecule has 0 aliphatic heterocycles. The molecule has 4 heteroatoms. The van der Waals surface area contributed by atoms with Gasteiger partial charge in [-0.2, -0.15) is 0 Å². The van der Waals surface area contributed by atoms with Crippen LogP contribution in [-0.4, -0.2) is 12.3 Å². The highest BCUT2D eigenvalue weighted by molar-refractivity contribution is 7.99. The van der Waals surface area contributed by atoms with E-state index in [1.807, 2.05) is 51.1 Å². The predicted octanol–water partition coefficient (Wildman–Crippen LogP) is 4.77. The summed E-state index contributed by atoms with van der Waals surface area (Å²) >= 11 is 1.57. The van der Waals surface area contributed by atoms with Gasteiger partial charge in [0.2, 0.25) is 0 Å². The number of hydrogen-bond acceptors (Lipinski definition) is 3. The van der Waals surface area contributed by atoms with Crippen LogP contribution in [0.2, 0.25) is 0 Å². The smallest absolute Gasteiger partial charge is 0.165 e. The Kier molecular flexibility index (Phi) is 4.59. The van der Waals surface area contributed by atoms with Crippen LogP contribution in [0.1, 0.15) is 19.4 Å². The Morgan fingerprint density at radius 3 is 2.53 bits per heavy atom. The van der Waals surface area contributed by atoms with E-state index in [0.717, 1.165) is 33.2 Å². The molecule has 1 aromatic heterocycles. The predicted molar refractivity (Wildman–Crippen MR) is 82.3 cm³/mol. The molecule has 102 valence electrons. The second-order valence-corrected chi connectivity index (χ2v) is 9.20. The van der Waals surface area contributed by atoms with Crippen LogP contribution in [0, 0.1) is 6.92 Å². The van der Waals surface area contributed by atoms with Crippen molar-refractivity contribution in [3.05, 3.63) is 42.2 Å². The first-order valence-electron chi connectivity index (χ1n) is 6.49. The molecule has 0 N–H and O–H groups in total. The summed E-state index contributed by atoms with van der Waals surface area (Å²) in [5.74, 6) is 0. The third-order valence-electron chi connectivity index (χ3n) is 3.23. The van der Waals surface area contributed by atoms with Gasteiger partial charge in [-0.15, -0.1) is 0 Å². The molecule has 0 spiro atoms. The molecule has 2 nitrogen and oxygen atoms in total. The van der Waals surface area contributed by atoms with Crippen LogP contribution in [0.15, 0.2) is 51.0 Å². The Labute approximate surface area is 119 Å². The van der Waals surface area contributed by atoms with Crippen molar-refractivity contribution in [1.29, 1.82) is 0 Å². The zero-order valence-electron chi connectivity index (χ0n) is 11.6. The van der Waals surface area contributed by atoms with Crippen molar-refractivity contribution >= 4 is 24.2 Å². The van der Waals surface area contributed by atoms with E-state index < -0.39 is 7.14 Å². The van der Waals surface area contributed by atoms with Crippen LogP contribution < -0.4 is 5.30 Å². The molecule has 0 bridgehead atoms. The Morgan fingerprint density at radius 2 is 1.95 bits per heavy atom. The number of aryl methyl sites for hydroxylation is 1. The van der Waals surface area contributed by atoms with Gasteiger partial charge >= 0.3 is 0 Å². The highest BCUT2D eigenvalue weighted by Crippen LogP contribution is 2.44. The quantitative estimate of drug-likeness (QED) is 0.744. The summed E-state index contributed by atoms with van der Waals surface area (Å²) in [6, 6.07) is 10.0. The summed E-state index contributed by atoms with van der Waals surface area (Å²) in [5.41, 5.74) is 1.12. The van der Waals surface area contributed by atoms with Crippen molar-refractivity contribution in [3.8, 4) is 0 Å². The Balaban J connectivity index is 2.27. The minimum atomic E-state index is -2.20. The monoisotopic (exact) mass is 294 g/mol. The number of hydrogen-bond donors (Lipinski definition) is 0. The molecule has 19 heavy (non-hydrogen) atoms. The normalized spacial score (nSPS) is 11.7. The minimum Gasteiger partial charge on any atom is -0.458 e. The van der Waals surface area contributed by atoms with Gasteiger partial charge in [-0.3, -0.25) is 0 Å². The van der Waals surface area contributed by atoms with Crippen LogP contribution in [0.25, 0.3) is 0 Å². The highest BCUT2D eigenvalue weighted by atomic mass is 32.2. The maximum atomic E-state index is 12.7. The molecule has 0 aliphatic carbocycles. The van der Waals surface area contributed by atoms with Gasteiger partial charge in [0.1, 0.15) is 7.14 Å². The van der Waals surface area contributed by atoms with Gasteiger partial charge in [0.05, 0.1) is 6.26 Å². The average molecular weight is 294 g/mol. The van der Waals surface area contributed by atoms with E-state index in [1.54, 1.807) is 18.0 Å². The van der Waals surface area contributed by atoms with E-state index in [9.17, 15) is 4.57 Å². The Bertz CT molecular complexity index is 596. The Morgan fingerprint density at radius 1 is 1.21 bits per heavy atom. The maximum Gasteiger partial charge on any atom is 0.165 e. The number of rotatable bonds is 5. The third kappa shape index (κ3) is 3.34. The summed E-state index contributed by atoms with van der Waals surface area (Å²) in [6.07, 6.45) is 3.18. The zero-order valence-corrected chi connectivity index (χ0v) is 13.3. The van der Waals surface area contributed by atoms with Gasteiger partial charge in [-0.1, -0.05) is 37.7 Å². The second-order valence-electron chi connectivity index (χ2n) is 4.56. The summed E-state index contributed by atoms with van der Waals surface area (Å²) < 4.78 is 18.2. The van der Waals surface area contributed by atoms with E-state index in [1.165, 1.54) is 0 Å². The maximum absolute atomic E-state index is 12.7. The second kappa shape index (κ2) is 6.02. The largest absolute Gasteiger partial charge is 0.458 e. The lowest BCUT2D eigenvalue weighted by molar-refractivity contribution is 0.473. The average Bonchev–Trinajstić information content (AvgIpc) is 2.83. The van der Waals surface area contributed by atoms with Crippen molar-refractivity contribution in [2.75, 3.05) is 12.3 Å². The summed E-state index contributed by atoms with van der Waals surface area (Å²) in [4.78, 5) is 1.08. The van der Waals surface area contributed by atoms with Crippen molar-refractivity contribution in [2.24, 2.45) is 0 Å². The van der Waals surface area contributed by atoms with Crippen molar-refractivity contribution < 1.29 is 8.98 Å². The third-order valence-corrected chi connectivity index (χ3v) is 7.40. The molecule has 0 saturated heterocycles. The summed E-state index contributed by atoms with van der Waals surface area (Å²) in [7, 11) is -2.20. The van der Waals surface area contributed by atoms with Crippen molar-refractivity contribution in [3.63, 3.8) is 0 Å². The standard InChI is InChI=1S/C15H19O2PS/c1-4-18(16,5-2)13-7-6-8-14(10-13)19-15-9-12(3)11-17-15/h6-11H,4-5H2,1-3H3. The molecule has 1 heterocycles. The van der Waals surface area contributed by atoms with Crippen LogP contribution in [0.5, 0.6) is 0 Å². The highest BCUT2D eigenvalue weighted by Gasteiger charge is 2.20.